The number of ether oxygens (including phenoxy) is 3. The second-order valence-electron chi connectivity index (χ2n) is 17.5. The van der Waals surface area contributed by atoms with Crippen molar-refractivity contribution in [2.45, 2.75) is 198 Å². The van der Waals surface area contributed by atoms with Gasteiger partial charge in [0.25, 0.3) is 0 Å². The minimum Gasteiger partial charge on any atom is -0.462 e. The zero-order valence-electron chi connectivity index (χ0n) is 41.9. The van der Waals surface area contributed by atoms with Crippen LogP contribution in [-0.2, 0) is 46.3 Å². The van der Waals surface area contributed by atoms with Crippen LogP contribution in [-0.4, -0.2) is 96.9 Å². The lowest BCUT2D eigenvalue weighted by atomic mass is 10.1. The molecular formula is C50H83N3O16P2. The number of nitrogens with zero attached hydrogens (tertiary/aromatic N) is 2. The quantitative estimate of drug-likeness (QED) is 0.0117. The minimum atomic E-state index is -5.45. The number of nitrogen functional groups attached to an aromatic ring is 1. The van der Waals surface area contributed by atoms with Gasteiger partial charge in [0.1, 0.15) is 30.7 Å². The predicted octanol–water partition coefficient (Wildman–Crippen LogP) is 9.30. The summed E-state index contributed by atoms with van der Waals surface area (Å²) in [5.74, 6) is -1.41. The fourth-order valence-corrected chi connectivity index (χ4v) is 9.26. The molecule has 2 rings (SSSR count). The normalized spacial score (nSPS) is 20.1. The van der Waals surface area contributed by atoms with E-state index in [1.165, 1.54) is 44.6 Å². The third kappa shape index (κ3) is 30.9. The molecule has 1 aromatic rings. The van der Waals surface area contributed by atoms with Gasteiger partial charge in [-0.1, -0.05) is 139 Å². The molecule has 0 aromatic carbocycles. The highest BCUT2D eigenvalue weighted by Gasteiger charge is 2.46. The minimum absolute atomic E-state index is 0.0165. The Morgan fingerprint density at radius 3 is 2.01 bits per heavy atom. The molecule has 21 heteroatoms. The van der Waals surface area contributed by atoms with Gasteiger partial charge in [0.05, 0.1) is 19.3 Å². The second-order valence-corrected chi connectivity index (χ2v) is 20.6. The van der Waals surface area contributed by atoms with Gasteiger partial charge in [-0.15, -0.1) is 0 Å². The van der Waals surface area contributed by atoms with Crippen LogP contribution in [0.4, 0.5) is 5.82 Å². The van der Waals surface area contributed by atoms with Crippen molar-refractivity contribution >= 4 is 33.4 Å². The van der Waals surface area contributed by atoms with Crippen molar-refractivity contribution in [2.75, 3.05) is 25.6 Å². The van der Waals surface area contributed by atoms with E-state index in [1.54, 1.807) is 12.2 Å². The SMILES string of the molecule is CCCCC/C=C\C[C@@H](O)/C=C/C=C\C/C=C\CCCC(=O)OC[C@H](COP(=O)(O)OP(=O)(O)OC[C@H]1O[C@@H](n2ccc(N)nc2=O)[C@H](O)[C@@H]1O)OC(=O)CCCCCCCCC/C=C\CCCCCC. The lowest BCUT2D eigenvalue weighted by Gasteiger charge is -2.21. The molecule has 0 spiro atoms. The number of aliphatic hydroxyl groups excluding tert-OH is 3. The van der Waals surface area contributed by atoms with E-state index in [9.17, 15) is 48.6 Å². The highest BCUT2D eigenvalue weighted by molar-refractivity contribution is 7.61. The Kier molecular flexibility index (Phi) is 34.1. The van der Waals surface area contributed by atoms with Gasteiger partial charge in [-0.2, -0.15) is 9.29 Å². The number of phosphoric ester groups is 2. The molecule has 1 aromatic heterocycles. The molecule has 1 aliphatic rings. The number of allylic oxidation sites excluding steroid dienone is 8. The van der Waals surface area contributed by atoms with Crippen molar-refractivity contribution in [3.8, 4) is 0 Å². The molecule has 7 N–H and O–H groups in total. The molecule has 0 bridgehead atoms. The number of anilines is 1. The Morgan fingerprint density at radius 1 is 0.746 bits per heavy atom. The van der Waals surface area contributed by atoms with E-state index in [0.717, 1.165) is 75.0 Å². The van der Waals surface area contributed by atoms with Gasteiger partial charge in [0, 0.05) is 19.0 Å². The Balaban J connectivity index is 1.85. The number of unbranched alkanes of at least 4 members (excludes halogenated alkanes) is 15. The second kappa shape index (κ2) is 38.1. The zero-order chi connectivity index (χ0) is 52.2. The van der Waals surface area contributed by atoms with E-state index in [0.29, 0.717) is 32.1 Å². The first kappa shape index (κ1) is 63.5. The topological polar surface area (TPSA) is 286 Å². The Labute approximate surface area is 420 Å². The van der Waals surface area contributed by atoms with Crippen LogP contribution in [0.2, 0.25) is 0 Å². The van der Waals surface area contributed by atoms with Crippen LogP contribution in [0.5, 0.6) is 0 Å². The number of rotatable bonds is 41. The van der Waals surface area contributed by atoms with Crippen LogP contribution in [0.1, 0.15) is 168 Å². The average molecular weight is 1040 g/mol. The molecular weight excluding hydrogens is 961 g/mol. The lowest BCUT2D eigenvalue weighted by Crippen LogP contribution is -2.36. The molecule has 1 aliphatic heterocycles. The van der Waals surface area contributed by atoms with Crippen LogP contribution in [0, 0.1) is 0 Å². The molecule has 0 saturated carbocycles. The molecule has 0 radical (unpaired) electrons. The summed E-state index contributed by atoms with van der Waals surface area (Å²) in [5.41, 5.74) is 4.58. The maximum Gasteiger partial charge on any atom is 0.481 e. The third-order valence-corrected chi connectivity index (χ3v) is 13.8. The molecule has 1 fully saturated rings. The smallest absolute Gasteiger partial charge is 0.462 e. The molecule has 2 unspecified atom stereocenters. The first-order chi connectivity index (χ1) is 34.1. The third-order valence-electron chi connectivity index (χ3n) is 11.2. The Morgan fingerprint density at radius 2 is 1.32 bits per heavy atom. The zero-order valence-corrected chi connectivity index (χ0v) is 43.7. The molecule has 71 heavy (non-hydrogen) atoms. The number of aliphatic hydroxyl groups is 3. The fourth-order valence-electron chi connectivity index (χ4n) is 7.15. The summed E-state index contributed by atoms with van der Waals surface area (Å²) < 4.78 is 56.7. The lowest BCUT2D eigenvalue weighted by molar-refractivity contribution is -0.161. The number of phosphoric acid groups is 2. The number of hydrogen-bond acceptors (Lipinski definition) is 16. The number of carbonyl (C=O) groups is 2. The van der Waals surface area contributed by atoms with Crippen molar-refractivity contribution in [3.05, 3.63) is 83.5 Å². The molecule has 0 aliphatic carbocycles. The molecule has 404 valence electrons. The highest BCUT2D eigenvalue weighted by Crippen LogP contribution is 2.60. The summed E-state index contributed by atoms with van der Waals surface area (Å²) in [6, 6.07) is 1.24. The van der Waals surface area contributed by atoms with Crippen LogP contribution in [0.25, 0.3) is 0 Å². The summed E-state index contributed by atoms with van der Waals surface area (Å²) >= 11 is 0. The summed E-state index contributed by atoms with van der Waals surface area (Å²) in [6.07, 6.45) is 33.3. The monoisotopic (exact) mass is 1040 g/mol. The standard InChI is InChI=1S/C50H83N3O16P2/c1-3-5-7-9-11-12-13-14-15-16-17-18-23-27-31-35-46(56)67-42(38-64-45(55)34-30-26-22-20-19-21-25-29-33-41(54)32-28-24-10-8-6-4-2)39-65-70(60,61)69-71(62,63)66-40-43-47(57)48(58)49(68-43)53-37-36-44(51)52-50(53)59/h12-13,20-22,24-25,28-29,33,36-37,41-43,47-49,54,57-58H,3-11,14-19,23,26-27,30-32,34-35,38-40H2,1-2H3,(H,60,61)(H,62,63)(H2,51,52,59)/b13-12-,22-20-,25-21-,28-24-,33-29+/t41-,42-,43-,47-,48-,49-/m1/s1. The van der Waals surface area contributed by atoms with Crippen LogP contribution in [0.15, 0.2) is 77.8 Å². The molecule has 8 atom stereocenters. The molecule has 0 amide bonds. The van der Waals surface area contributed by atoms with Gasteiger partial charge in [-0.25, -0.2) is 13.9 Å². The largest absolute Gasteiger partial charge is 0.481 e. The van der Waals surface area contributed by atoms with E-state index in [4.69, 9.17) is 29.0 Å². The van der Waals surface area contributed by atoms with E-state index < -0.39 is 89.8 Å². The van der Waals surface area contributed by atoms with Crippen LogP contribution >= 0.6 is 15.6 Å². The Bertz CT molecular complexity index is 1940. The summed E-state index contributed by atoms with van der Waals surface area (Å²) in [5, 5.41) is 31.0. The molecule has 19 nitrogen and oxygen atoms in total. The van der Waals surface area contributed by atoms with Crippen LogP contribution < -0.4 is 11.4 Å². The van der Waals surface area contributed by atoms with Crippen molar-refractivity contribution in [2.24, 2.45) is 0 Å². The molecule has 2 heterocycles. The highest BCUT2D eigenvalue weighted by atomic mass is 31.3. The van der Waals surface area contributed by atoms with Gasteiger partial charge in [-0.05, 0) is 76.7 Å². The van der Waals surface area contributed by atoms with Gasteiger partial charge in [-0.3, -0.25) is 23.2 Å². The van der Waals surface area contributed by atoms with Crippen molar-refractivity contribution in [3.63, 3.8) is 0 Å². The van der Waals surface area contributed by atoms with E-state index in [1.807, 2.05) is 30.4 Å². The number of carbonyl (C=O) groups excluding carboxylic acids is 2. The van der Waals surface area contributed by atoms with Gasteiger partial charge in [0.15, 0.2) is 12.3 Å². The van der Waals surface area contributed by atoms with Crippen molar-refractivity contribution < 1.29 is 71.4 Å². The first-order valence-electron chi connectivity index (χ1n) is 25.4. The van der Waals surface area contributed by atoms with Crippen molar-refractivity contribution in [1.29, 1.82) is 0 Å². The number of aromatic nitrogens is 2. The number of hydrogen-bond donors (Lipinski definition) is 6. The van der Waals surface area contributed by atoms with Gasteiger partial charge in [0.2, 0.25) is 0 Å². The predicted molar refractivity (Wildman–Crippen MR) is 272 cm³/mol. The average Bonchev–Trinajstić information content (AvgIpc) is 3.60. The number of esters is 2. The fraction of sp³-hybridized carbons (Fsp3) is 0.680. The van der Waals surface area contributed by atoms with Crippen LogP contribution in [0.3, 0.4) is 0 Å². The number of nitrogens with two attached hydrogens (primary N) is 1. The summed E-state index contributed by atoms with van der Waals surface area (Å²) in [7, 11) is -10.9. The summed E-state index contributed by atoms with van der Waals surface area (Å²) in [6.45, 7) is 1.97. The van der Waals surface area contributed by atoms with Gasteiger partial charge >= 0.3 is 33.3 Å². The summed E-state index contributed by atoms with van der Waals surface area (Å²) in [4.78, 5) is 61.9. The maximum absolute atomic E-state index is 12.9. The Hall–Kier alpha value is -3.58. The van der Waals surface area contributed by atoms with Crippen molar-refractivity contribution in [1.82, 2.24) is 9.55 Å². The van der Waals surface area contributed by atoms with Gasteiger partial charge < -0.3 is 45.1 Å². The van der Waals surface area contributed by atoms with E-state index >= 15 is 0 Å². The maximum atomic E-state index is 12.9. The first-order valence-corrected chi connectivity index (χ1v) is 28.4. The molecule has 1 saturated heterocycles. The van der Waals surface area contributed by atoms with E-state index in [2.05, 4.69) is 41.4 Å². The van der Waals surface area contributed by atoms with E-state index in [-0.39, 0.29) is 18.7 Å².